The van der Waals surface area contributed by atoms with Gasteiger partial charge in [-0.05, 0) is 19.1 Å². The van der Waals surface area contributed by atoms with Crippen molar-refractivity contribution < 1.29 is 5.11 Å². The lowest BCUT2D eigenvalue weighted by molar-refractivity contribution is 0.480. The quantitative estimate of drug-likeness (QED) is 0.668. The van der Waals surface area contributed by atoms with Crippen LogP contribution >= 0.6 is 0 Å². The first kappa shape index (κ1) is 7.16. The van der Waals surface area contributed by atoms with Crippen LogP contribution in [0, 0.1) is 6.92 Å². The number of phenols is 1. The standard InChI is InChI=1S/C9H9N2O/c1-2-8-10-6-4-3-5-7(12)9(6)11-8/h3-5,12H,1-2H2,(H,10,11). The van der Waals surface area contributed by atoms with E-state index in [1.54, 1.807) is 12.1 Å². The Kier molecular flexibility index (Phi) is 1.50. The van der Waals surface area contributed by atoms with E-state index in [1.807, 2.05) is 6.07 Å². The fraction of sp³-hybridized carbons (Fsp3) is 0.111. The van der Waals surface area contributed by atoms with Crippen LogP contribution in [0.4, 0.5) is 0 Å². The number of fused-ring (bicyclic) bond motifs is 1. The summed E-state index contributed by atoms with van der Waals surface area (Å²) in [6, 6.07) is 5.25. The Hall–Kier alpha value is -1.51. The molecule has 0 aliphatic carbocycles. The third-order valence-electron chi connectivity index (χ3n) is 1.78. The molecule has 0 aliphatic rings. The molecule has 2 N–H and O–H groups in total. The Bertz CT molecular complexity index is 406. The van der Waals surface area contributed by atoms with Crippen LogP contribution < -0.4 is 0 Å². The number of imidazole rings is 1. The highest BCUT2D eigenvalue weighted by Gasteiger charge is 2.03. The van der Waals surface area contributed by atoms with E-state index in [4.69, 9.17) is 0 Å². The van der Waals surface area contributed by atoms with E-state index in [9.17, 15) is 5.11 Å². The Morgan fingerprint density at radius 3 is 3.00 bits per heavy atom. The number of hydrogen-bond donors (Lipinski definition) is 2. The SMILES string of the molecule is [CH2]Cc1nc2cccc(O)c2[nH]1. The number of hydrogen-bond acceptors (Lipinski definition) is 2. The van der Waals surface area contributed by atoms with Gasteiger partial charge in [0.2, 0.25) is 0 Å². The molecule has 1 aromatic carbocycles. The number of aromatic hydroxyl groups is 1. The highest BCUT2D eigenvalue weighted by molar-refractivity contribution is 5.81. The molecule has 0 saturated carbocycles. The third kappa shape index (κ3) is 0.942. The summed E-state index contributed by atoms with van der Waals surface area (Å²) < 4.78 is 0. The van der Waals surface area contributed by atoms with Gasteiger partial charge < -0.3 is 10.1 Å². The maximum Gasteiger partial charge on any atom is 0.141 e. The first-order valence-corrected chi connectivity index (χ1v) is 3.77. The summed E-state index contributed by atoms with van der Waals surface area (Å²) in [5, 5.41) is 9.39. The van der Waals surface area contributed by atoms with Crippen LogP contribution in [0.3, 0.4) is 0 Å². The van der Waals surface area contributed by atoms with E-state index < -0.39 is 0 Å². The molecule has 0 amide bonds. The van der Waals surface area contributed by atoms with E-state index in [2.05, 4.69) is 16.9 Å². The fourth-order valence-corrected chi connectivity index (χ4v) is 1.19. The second-order valence-corrected chi connectivity index (χ2v) is 2.60. The molecule has 0 aliphatic heterocycles. The molecule has 0 saturated heterocycles. The molecular weight excluding hydrogens is 152 g/mol. The number of H-pyrrole nitrogens is 1. The molecule has 1 heterocycles. The summed E-state index contributed by atoms with van der Waals surface area (Å²) in [6.07, 6.45) is 0.605. The fourth-order valence-electron chi connectivity index (χ4n) is 1.19. The van der Waals surface area contributed by atoms with Crippen molar-refractivity contribution in [3.8, 4) is 5.75 Å². The molecule has 0 spiro atoms. The number of rotatable bonds is 1. The Balaban J connectivity index is 2.74. The van der Waals surface area contributed by atoms with Crippen LogP contribution in [0.5, 0.6) is 5.75 Å². The van der Waals surface area contributed by atoms with Crippen LogP contribution in [0.2, 0.25) is 0 Å². The van der Waals surface area contributed by atoms with E-state index in [-0.39, 0.29) is 5.75 Å². The van der Waals surface area contributed by atoms with Crippen molar-refractivity contribution in [2.75, 3.05) is 0 Å². The number of phenolic OH excluding ortho intramolecular Hbond substituents is 1. The lowest BCUT2D eigenvalue weighted by Gasteiger charge is -1.90. The van der Waals surface area contributed by atoms with Gasteiger partial charge in [-0.15, -0.1) is 0 Å². The highest BCUT2D eigenvalue weighted by atomic mass is 16.3. The number of nitrogens with zero attached hydrogens (tertiary/aromatic N) is 1. The molecule has 0 fully saturated rings. The van der Waals surface area contributed by atoms with Gasteiger partial charge >= 0.3 is 0 Å². The number of aromatic nitrogens is 2. The average molecular weight is 161 g/mol. The zero-order valence-corrected chi connectivity index (χ0v) is 6.54. The van der Waals surface area contributed by atoms with Gasteiger partial charge in [0.1, 0.15) is 17.1 Å². The van der Waals surface area contributed by atoms with E-state index in [0.29, 0.717) is 11.9 Å². The van der Waals surface area contributed by atoms with Gasteiger partial charge in [-0.1, -0.05) is 6.07 Å². The monoisotopic (exact) mass is 161 g/mol. The summed E-state index contributed by atoms with van der Waals surface area (Å²) in [4.78, 5) is 7.20. The van der Waals surface area contributed by atoms with Crippen molar-refractivity contribution in [1.82, 2.24) is 9.97 Å². The topological polar surface area (TPSA) is 48.9 Å². The third-order valence-corrected chi connectivity index (χ3v) is 1.78. The molecule has 3 heteroatoms. The van der Waals surface area contributed by atoms with Crippen molar-refractivity contribution >= 4 is 11.0 Å². The summed E-state index contributed by atoms with van der Waals surface area (Å²) in [6.45, 7) is 3.71. The molecule has 1 aromatic heterocycles. The number of benzene rings is 1. The zero-order chi connectivity index (χ0) is 8.55. The van der Waals surface area contributed by atoms with Gasteiger partial charge in [0.05, 0.1) is 5.52 Å². The van der Waals surface area contributed by atoms with E-state index in [1.165, 1.54) is 0 Å². The van der Waals surface area contributed by atoms with E-state index in [0.717, 1.165) is 11.3 Å². The minimum Gasteiger partial charge on any atom is -0.506 e. The first-order chi connectivity index (χ1) is 5.81. The zero-order valence-electron chi connectivity index (χ0n) is 6.54. The molecule has 0 unspecified atom stereocenters. The number of nitrogens with one attached hydrogen (secondary N) is 1. The Morgan fingerprint density at radius 1 is 1.50 bits per heavy atom. The van der Waals surface area contributed by atoms with Crippen molar-refractivity contribution in [3.63, 3.8) is 0 Å². The normalized spacial score (nSPS) is 10.8. The summed E-state index contributed by atoms with van der Waals surface area (Å²) in [5.74, 6) is 1.03. The molecule has 0 atom stereocenters. The van der Waals surface area contributed by atoms with E-state index >= 15 is 0 Å². The molecule has 61 valence electrons. The van der Waals surface area contributed by atoms with Gasteiger partial charge in [-0.25, -0.2) is 4.98 Å². The van der Waals surface area contributed by atoms with Crippen molar-refractivity contribution in [3.05, 3.63) is 30.9 Å². The number of para-hydroxylation sites is 1. The van der Waals surface area contributed by atoms with Gasteiger partial charge in [0, 0.05) is 6.42 Å². The maximum atomic E-state index is 9.39. The van der Waals surface area contributed by atoms with Gasteiger partial charge in [-0.2, -0.15) is 0 Å². The van der Waals surface area contributed by atoms with Crippen molar-refractivity contribution in [1.29, 1.82) is 0 Å². The summed E-state index contributed by atoms with van der Waals surface area (Å²) in [5.41, 5.74) is 1.48. The van der Waals surface area contributed by atoms with Crippen LogP contribution in [-0.4, -0.2) is 15.1 Å². The van der Waals surface area contributed by atoms with Crippen molar-refractivity contribution in [2.24, 2.45) is 0 Å². The Labute approximate surface area is 70.1 Å². The molecule has 2 rings (SSSR count). The Morgan fingerprint density at radius 2 is 2.33 bits per heavy atom. The number of aromatic amines is 1. The van der Waals surface area contributed by atoms with Gasteiger partial charge in [-0.3, -0.25) is 0 Å². The van der Waals surface area contributed by atoms with Gasteiger partial charge in [0.25, 0.3) is 0 Å². The molecule has 0 bridgehead atoms. The minimum atomic E-state index is 0.236. The molecular formula is C9H9N2O. The average Bonchev–Trinajstić information content (AvgIpc) is 2.49. The summed E-state index contributed by atoms with van der Waals surface area (Å²) >= 11 is 0. The van der Waals surface area contributed by atoms with Crippen LogP contribution in [0.25, 0.3) is 11.0 Å². The van der Waals surface area contributed by atoms with Crippen LogP contribution in [0.15, 0.2) is 18.2 Å². The smallest absolute Gasteiger partial charge is 0.141 e. The van der Waals surface area contributed by atoms with Gasteiger partial charge in [0.15, 0.2) is 0 Å². The minimum absolute atomic E-state index is 0.236. The predicted molar refractivity (Wildman–Crippen MR) is 46.8 cm³/mol. The van der Waals surface area contributed by atoms with Crippen LogP contribution in [0.1, 0.15) is 5.82 Å². The molecule has 12 heavy (non-hydrogen) atoms. The molecule has 2 aromatic rings. The first-order valence-electron chi connectivity index (χ1n) is 3.77. The summed E-state index contributed by atoms with van der Waals surface area (Å²) in [7, 11) is 0. The molecule has 1 radical (unpaired) electrons. The van der Waals surface area contributed by atoms with Crippen LogP contribution in [-0.2, 0) is 6.42 Å². The van der Waals surface area contributed by atoms with Crippen molar-refractivity contribution in [2.45, 2.75) is 6.42 Å². The molecule has 3 nitrogen and oxygen atoms in total. The second kappa shape index (κ2) is 2.52. The highest BCUT2D eigenvalue weighted by Crippen LogP contribution is 2.21. The second-order valence-electron chi connectivity index (χ2n) is 2.60. The largest absolute Gasteiger partial charge is 0.506 e. The lowest BCUT2D eigenvalue weighted by Crippen LogP contribution is -1.80. The predicted octanol–water partition coefficient (Wildman–Crippen LogP) is 1.65. The maximum absolute atomic E-state index is 9.39. The lowest BCUT2D eigenvalue weighted by atomic mass is 10.3.